The lowest BCUT2D eigenvalue weighted by Gasteiger charge is -2.33. The molecule has 2 heteroatoms. The van der Waals surface area contributed by atoms with Crippen molar-refractivity contribution >= 4 is 12.4 Å². The molecule has 74 valence electrons. The summed E-state index contributed by atoms with van der Waals surface area (Å²) in [6.07, 6.45) is 10.5. The molecule has 0 spiro atoms. The Bertz CT molecular complexity index is 108. The van der Waals surface area contributed by atoms with Crippen LogP contribution in [-0.4, -0.2) is 5.54 Å². The number of rotatable bonds is 3. The fourth-order valence-corrected chi connectivity index (χ4v) is 2.03. The van der Waals surface area contributed by atoms with Crippen molar-refractivity contribution in [2.75, 3.05) is 0 Å². The van der Waals surface area contributed by atoms with E-state index in [1.54, 1.807) is 0 Å². The van der Waals surface area contributed by atoms with E-state index in [4.69, 9.17) is 5.73 Å². The second kappa shape index (κ2) is 5.82. The number of nitrogens with two attached hydrogens (primary N) is 1. The van der Waals surface area contributed by atoms with Crippen LogP contribution in [0.3, 0.4) is 0 Å². The molecule has 0 amide bonds. The number of unbranched alkanes of at least 4 members (excludes halogenated alkanes) is 1. The van der Waals surface area contributed by atoms with E-state index in [0.717, 1.165) is 0 Å². The van der Waals surface area contributed by atoms with E-state index in [1.165, 1.54) is 51.4 Å². The van der Waals surface area contributed by atoms with Crippen LogP contribution in [0.1, 0.15) is 58.3 Å². The molecule has 1 fully saturated rings. The van der Waals surface area contributed by atoms with Gasteiger partial charge in [0, 0.05) is 5.54 Å². The highest BCUT2D eigenvalue weighted by atomic mass is 35.5. The highest BCUT2D eigenvalue weighted by Gasteiger charge is 2.25. The van der Waals surface area contributed by atoms with Gasteiger partial charge in [-0.05, 0) is 19.3 Å². The first kappa shape index (κ1) is 12.2. The third-order valence-corrected chi connectivity index (χ3v) is 2.88. The molecule has 0 atom stereocenters. The highest BCUT2D eigenvalue weighted by molar-refractivity contribution is 5.85. The molecule has 2 N–H and O–H groups in total. The second-order valence-electron chi connectivity index (χ2n) is 4.03. The van der Waals surface area contributed by atoms with Crippen LogP contribution in [0.5, 0.6) is 0 Å². The number of hydrogen-bond acceptors (Lipinski definition) is 1. The minimum atomic E-state index is 0. The molecule has 1 saturated carbocycles. The Morgan fingerprint density at radius 2 is 1.75 bits per heavy atom. The van der Waals surface area contributed by atoms with Gasteiger partial charge in [-0.3, -0.25) is 0 Å². The molecule has 0 saturated heterocycles. The molecule has 0 unspecified atom stereocenters. The third kappa shape index (κ3) is 3.77. The summed E-state index contributed by atoms with van der Waals surface area (Å²) in [5, 5.41) is 0. The second-order valence-corrected chi connectivity index (χ2v) is 4.03. The third-order valence-electron chi connectivity index (χ3n) is 2.88. The van der Waals surface area contributed by atoms with E-state index < -0.39 is 0 Å². The van der Waals surface area contributed by atoms with E-state index in [-0.39, 0.29) is 17.9 Å². The van der Waals surface area contributed by atoms with Crippen molar-refractivity contribution in [3.05, 3.63) is 0 Å². The summed E-state index contributed by atoms with van der Waals surface area (Å²) in [4.78, 5) is 0. The standard InChI is InChI=1S/C10H21N.ClH/c1-2-3-7-10(11)8-5-4-6-9-10;/h2-9,11H2,1H3;1H. The molecule has 0 radical (unpaired) electrons. The monoisotopic (exact) mass is 191 g/mol. The van der Waals surface area contributed by atoms with Crippen molar-refractivity contribution in [1.82, 2.24) is 0 Å². The van der Waals surface area contributed by atoms with Gasteiger partial charge in [0.05, 0.1) is 0 Å². The molecular weight excluding hydrogens is 170 g/mol. The van der Waals surface area contributed by atoms with E-state index in [1.807, 2.05) is 0 Å². The van der Waals surface area contributed by atoms with Crippen LogP contribution in [0.15, 0.2) is 0 Å². The van der Waals surface area contributed by atoms with Gasteiger partial charge in [-0.1, -0.05) is 39.0 Å². The first-order chi connectivity index (χ1) is 5.27. The molecule has 0 heterocycles. The minimum Gasteiger partial charge on any atom is -0.325 e. The number of hydrogen-bond donors (Lipinski definition) is 1. The van der Waals surface area contributed by atoms with E-state index >= 15 is 0 Å². The molecule has 0 aliphatic heterocycles. The fourth-order valence-electron chi connectivity index (χ4n) is 2.03. The van der Waals surface area contributed by atoms with Crippen molar-refractivity contribution in [1.29, 1.82) is 0 Å². The van der Waals surface area contributed by atoms with Crippen LogP contribution < -0.4 is 5.73 Å². The molecule has 0 aromatic carbocycles. The maximum Gasteiger partial charge on any atom is 0.0154 e. The minimum absolute atomic E-state index is 0. The van der Waals surface area contributed by atoms with E-state index in [2.05, 4.69) is 6.92 Å². The number of halogens is 1. The molecule has 0 bridgehead atoms. The van der Waals surface area contributed by atoms with Crippen LogP contribution >= 0.6 is 12.4 Å². The highest BCUT2D eigenvalue weighted by Crippen LogP contribution is 2.29. The van der Waals surface area contributed by atoms with Crippen LogP contribution in [-0.2, 0) is 0 Å². The average molecular weight is 192 g/mol. The zero-order chi connectivity index (χ0) is 8.16. The van der Waals surface area contributed by atoms with Crippen molar-refractivity contribution in [3.8, 4) is 0 Å². The van der Waals surface area contributed by atoms with E-state index in [9.17, 15) is 0 Å². The van der Waals surface area contributed by atoms with Gasteiger partial charge in [0.25, 0.3) is 0 Å². The Labute approximate surface area is 82.5 Å². The lowest BCUT2D eigenvalue weighted by atomic mass is 9.79. The predicted molar refractivity (Wildman–Crippen MR) is 56.8 cm³/mol. The molecule has 1 aliphatic rings. The molecule has 0 aromatic rings. The van der Waals surface area contributed by atoms with Gasteiger partial charge in [0.15, 0.2) is 0 Å². The molecule has 12 heavy (non-hydrogen) atoms. The average Bonchev–Trinajstić information content (AvgIpc) is 2.03. The summed E-state index contributed by atoms with van der Waals surface area (Å²) >= 11 is 0. The zero-order valence-corrected chi connectivity index (χ0v) is 8.96. The van der Waals surface area contributed by atoms with Gasteiger partial charge in [0.2, 0.25) is 0 Å². The molecular formula is C10H22ClN. The molecule has 0 aromatic heterocycles. The lowest BCUT2D eigenvalue weighted by Crippen LogP contribution is -2.41. The van der Waals surface area contributed by atoms with Gasteiger partial charge in [-0.15, -0.1) is 12.4 Å². The summed E-state index contributed by atoms with van der Waals surface area (Å²) < 4.78 is 0. The Hall–Kier alpha value is 0.250. The smallest absolute Gasteiger partial charge is 0.0154 e. The van der Waals surface area contributed by atoms with Crippen LogP contribution in [0.25, 0.3) is 0 Å². The topological polar surface area (TPSA) is 26.0 Å². The van der Waals surface area contributed by atoms with E-state index in [0.29, 0.717) is 0 Å². The van der Waals surface area contributed by atoms with Gasteiger partial charge in [-0.2, -0.15) is 0 Å². The quantitative estimate of drug-likeness (QED) is 0.728. The fraction of sp³-hybridized carbons (Fsp3) is 1.00. The first-order valence-corrected chi connectivity index (χ1v) is 5.06. The van der Waals surface area contributed by atoms with Crippen molar-refractivity contribution < 1.29 is 0 Å². The molecule has 1 nitrogen and oxygen atoms in total. The Balaban J connectivity index is 0.00000121. The Morgan fingerprint density at radius 3 is 2.25 bits per heavy atom. The van der Waals surface area contributed by atoms with Crippen LogP contribution in [0.4, 0.5) is 0 Å². The Kier molecular flexibility index (Phi) is 5.94. The van der Waals surface area contributed by atoms with Gasteiger partial charge >= 0.3 is 0 Å². The van der Waals surface area contributed by atoms with Crippen LogP contribution in [0, 0.1) is 0 Å². The SMILES string of the molecule is CCCCC1(N)CCCCC1.Cl. The largest absolute Gasteiger partial charge is 0.325 e. The predicted octanol–water partition coefficient (Wildman–Crippen LogP) is 3.26. The first-order valence-electron chi connectivity index (χ1n) is 5.06. The maximum absolute atomic E-state index is 6.25. The van der Waals surface area contributed by atoms with Gasteiger partial charge in [0.1, 0.15) is 0 Å². The van der Waals surface area contributed by atoms with Gasteiger partial charge < -0.3 is 5.73 Å². The summed E-state index contributed by atoms with van der Waals surface area (Å²) in [6, 6.07) is 0. The normalized spacial score (nSPS) is 21.5. The van der Waals surface area contributed by atoms with Crippen molar-refractivity contribution in [2.45, 2.75) is 63.8 Å². The summed E-state index contributed by atoms with van der Waals surface area (Å²) in [7, 11) is 0. The van der Waals surface area contributed by atoms with Crippen LogP contribution in [0.2, 0.25) is 0 Å². The Morgan fingerprint density at radius 1 is 1.17 bits per heavy atom. The zero-order valence-electron chi connectivity index (χ0n) is 8.14. The molecule has 1 rings (SSSR count). The summed E-state index contributed by atoms with van der Waals surface area (Å²) in [6.45, 7) is 2.24. The van der Waals surface area contributed by atoms with Crippen molar-refractivity contribution in [3.63, 3.8) is 0 Å². The summed E-state index contributed by atoms with van der Waals surface area (Å²) in [5.41, 5.74) is 6.48. The molecule has 1 aliphatic carbocycles. The van der Waals surface area contributed by atoms with Gasteiger partial charge in [-0.25, -0.2) is 0 Å². The maximum atomic E-state index is 6.25. The summed E-state index contributed by atoms with van der Waals surface area (Å²) in [5.74, 6) is 0. The lowest BCUT2D eigenvalue weighted by molar-refractivity contribution is 0.272. The van der Waals surface area contributed by atoms with Crippen molar-refractivity contribution in [2.24, 2.45) is 5.73 Å².